The highest BCUT2D eigenvalue weighted by Crippen LogP contribution is 2.35. The third kappa shape index (κ3) is 2.21. The molecule has 0 bridgehead atoms. The highest BCUT2D eigenvalue weighted by Gasteiger charge is 2.36. The van der Waals surface area contributed by atoms with E-state index >= 15 is 0 Å². The van der Waals surface area contributed by atoms with Crippen molar-refractivity contribution in [1.82, 2.24) is 4.90 Å². The van der Waals surface area contributed by atoms with Crippen LogP contribution < -0.4 is 4.74 Å². The molecule has 0 radical (unpaired) electrons. The quantitative estimate of drug-likeness (QED) is 0.820. The Morgan fingerprint density at radius 3 is 2.50 bits per heavy atom. The van der Waals surface area contributed by atoms with Crippen LogP contribution in [-0.4, -0.2) is 25.1 Å². The fraction of sp³-hybridized carbons (Fsp3) is 0.533. The van der Waals surface area contributed by atoms with Crippen molar-refractivity contribution in [2.24, 2.45) is 0 Å². The van der Waals surface area contributed by atoms with Crippen molar-refractivity contribution in [1.29, 1.82) is 5.26 Å². The standard InChI is InChI=1S/C15H20N2O/c1-15(12-16,17-10-6-3-7-11-17)13-8-4-5-9-14(13)18-2/h4-5,8-9H,3,6-7,10-11H2,1-2H3. The van der Waals surface area contributed by atoms with Crippen LogP contribution in [0.2, 0.25) is 0 Å². The Bertz CT molecular complexity index is 446. The number of benzene rings is 1. The van der Waals surface area contributed by atoms with Crippen molar-refractivity contribution in [3.8, 4) is 11.8 Å². The Labute approximate surface area is 109 Å². The van der Waals surface area contributed by atoms with Crippen molar-refractivity contribution in [3.63, 3.8) is 0 Å². The maximum Gasteiger partial charge on any atom is 0.135 e. The van der Waals surface area contributed by atoms with Crippen LogP contribution >= 0.6 is 0 Å². The van der Waals surface area contributed by atoms with Gasteiger partial charge in [0.05, 0.1) is 13.2 Å². The summed E-state index contributed by atoms with van der Waals surface area (Å²) in [6.07, 6.45) is 3.61. The molecule has 0 saturated carbocycles. The van der Waals surface area contributed by atoms with Crippen molar-refractivity contribution < 1.29 is 4.74 Å². The Balaban J connectivity index is 2.39. The summed E-state index contributed by atoms with van der Waals surface area (Å²) in [5, 5.41) is 9.66. The number of hydrogen-bond donors (Lipinski definition) is 0. The van der Waals surface area contributed by atoms with E-state index in [4.69, 9.17) is 4.74 Å². The Morgan fingerprint density at radius 2 is 1.89 bits per heavy atom. The maximum absolute atomic E-state index is 9.66. The zero-order chi connectivity index (χ0) is 13.0. The first-order chi connectivity index (χ1) is 8.72. The largest absolute Gasteiger partial charge is 0.496 e. The number of hydrogen-bond acceptors (Lipinski definition) is 3. The van der Waals surface area contributed by atoms with Crippen molar-refractivity contribution in [2.75, 3.05) is 20.2 Å². The lowest BCUT2D eigenvalue weighted by atomic mass is 9.89. The summed E-state index contributed by atoms with van der Waals surface area (Å²) in [7, 11) is 1.66. The van der Waals surface area contributed by atoms with Crippen LogP contribution in [-0.2, 0) is 5.54 Å². The lowest BCUT2D eigenvalue weighted by molar-refractivity contribution is 0.121. The second-order valence-electron chi connectivity index (χ2n) is 4.93. The number of nitriles is 1. The van der Waals surface area contributed by atoms with Gasteiger partial charge in [0.2, 0.25) is 0 Å². The van der Waals surface area contributed by atoms with Gasteiger partial charge in [-0.2, -0.15) is 5.26 Å². The van der Waals surface area contributed by atoms with Gasteiger partial charge in [0.15, 0.2) is 0 Å². The number of ether oxygens (including phenoxy) is 1. The number of likely N-dealkylation sites (tertiary alicyclic amines) is 1. The third-order valence-electron chi connectivity index (χ3n) is 3.84. The van der Waals surface area contributed by atoms with E-state index in [1.165, 1.54) is 19.3 Å². The van der Waals surface area contributed by atoms with Crippen LogP contribution in [0.1, 0.15) is 31.7 Å². The molecule has 1 heterocycles. The highest BCUT2D eigenvalue weighted by atomic mass is 16.5. The van der Waals surface area contributed by atoms with Crippen molar-refractivity contribution >= 4 is 0 Å². The van der Waals surface area contributed by atoms with Crippen molar-refractivity contribution in [2.45, 2.75) is 31.7 Å². The first-order valence-electron chi connectivity index (χ1n) is 6.52. The normalized spacial score (nSPS) is 19.8. The molecule has 2 rings (SSSR count). The zero-order valence-electron chi connectivity index (χ0n) is 11.1. The molecule has 1 aromatic rings. The molecule has 3 nitrogen and oxygen atoms in total. The Hall–Kier alpha value is -1.53. The molecule has 0 N–H and O–H groups in total. The van der Waals surface area contributed by atoms with E-state index in [1.807, 2.05) is 31.2 Å². The monoisotopic (exact) mass is 244 g/mol. The minimum atomic E-state index is -0.590. The van der Waals surface area contributed by atoms with E-state index in [2.05, 4.69) is 11.0 Å². The van der Waals surface area contributed by atoms with Gasteiger partial charge in [-0.1, -0.05) is 24.6 Å². The van der Waals surface area contributed by atoms with Crippen LogP contribution in [0.3, 0.4) is 0 Å². The smallest absolute Gasteiger partial charge is 0.135 e. The molecule has 1 atom stereocenters. The van der Waals surface area contributed by atoms with E-state index < -0.39 is 5.54 Å². The molecule has 1 unspecified atom stereocenters. The minimum absolute atomic E-state index is 0.590. The fourth-order valence-corrected chi connectivity index (χ4v) is 2.69. The highest BCUT2D eigenvalue weighted by molar-refractivity contribution is 5.42. The van der Waals surface area contributed by atoms with Crippen molar-refractivity contribution in [3.05, 3.63) is 29.8 Å². The summed E-state index contributed by atoms with van der Waals surface area (Å²) in [6.45, 7) is 3.97. The van der Waals surface area contributed by atoms with Crippen LogP contribution in [0.15, 0.2) is 24.3 Å². The van der Waals surface area contributed by atoms with Gasteiger partial charge in [0.25, 0.3) is 0 Å². The fourth-order valence-electron chi connectivity index (χ4n) is 2.69. The summed E-state index contributed by atoms with van der Waals surface area (Å²) in [6, 6.07) is 10.3. The number of para-hydroxylation sites is 1. The molecular formula is C15H20N2O. The van der Waals surface area contributed by atoms with E-state index in [9.17, 15) is 5.26 Å². The molecule has 3 heteroatoms. The lowest BCUT2D eigenvalue weighted by Gasteiger charge is -2.39. The van der Waals surface area contributed by atoms with E-state index in [0.717, 1.165) is 24.4 Å². The third-order valence-corrected chi connectivity index (χ3v) is 3.84. The first-order valence-corrected chi connectivity index (χ1v) is 6.52. The predicted octanol–water partition coefficient (Wildman–Crippen LogP) is 2.92. The molecule has 1 aromatic carbocycles. The molecule has 1 aliphatic rings. The molecule has 96 valence electrons. The van der Waals surface area contributed by atoms with Crippen LogP contribution in [0, 0.1) is 11.3 Å². The average molecular weight is 244 g/mol. The molecule has 1 saturated heterocycles. The summed E-state index contributed by atoms with van der Waals surface area (Å²) >= 11 is 0. The topological polar surface area (TPSA) is 36.3 Å². The van der Waals surface area contributed by atoms with Gasteiger partial charge < -0.3 is 4.74 Å². The summed E-state index contributed by atoms with van der Waals surface area (Å²) in [5.74, 6) is 0.798. The van der Waals surface area contributed by atoms with Gasteiger partial charge in [-0.15, -0.1) is 0 Å². The van der Waals surface area contributed by atoms with E-state index in [-0.39, 0.29) is 0 Å². The number of methoxy groups -OCH3 is 1. The van der Waals surface area contributed by atoms with Gasteiger partial charge in [0.1, 0.15) is 11.3 Å². The molecule has 0 spiro atoms. The van der Waals surface area contributed by atoms with Crippen LogP contribution in [0.4, 0.5) is 0 Å². The van der Waals surface area contributed by atoms with E-state index in [1.54, 1.807) is 7.11 Å². The Kier molecular flexibility index (Phi) is 3.88. The molecule has 0 amide bonds. The summed E-state index contributed by atoms with van der Waals surface area (Å²) < 4.78 is 5.41. The van der Waals surface area contributed by atoms with Gasteiger partial charge in [-0.25, -0.2) is 0 Å². The lowest BCUT2D eigenvalue weighted by Crippen LogP contribution is -2.45. The molecule has 1 fully saturated rings. The van der Waals surface area contributed by atoms with Crippen LogP contribution in [0.25, 0.3) is 0 Å². The average Bonchev–Trinajstić information content (AvgIpc) is 2.47. The summed E-state index contributed by atoms with van der Waals surface area (Å²) in [4.78, 5) is 2.27. The summed E-state index contributed by atoms with van der Waals surface area (Å²) in [5.41, 5.74) is 0.379. The van der Waals surface area contributed by atoms with Gasteiger partial charge >= 0.3 is 0 Å². The van der Waals surface area contributed by atoms with Gasteiger partial charge in [-0.05, 0) is 38.9 Å². The van der Waals surface area contributed by atoms with E-state index in [0.29, 0.717) is 0 Å². The SMILES string of the molecule is COc1ccccc1C(C)(C#N)N1CCCCC1. The van der Waals surface area contributed by atoms with Crippen LogP contribution in [0.5, 0.6) is 5.75 Å². The second-order valence-corrected chi connectivity index (χ2v) is 4.93. The molecule has 0 aromatic heterocycles. The predicted molar refractivity (Wildman–Crippen MR) is 71.4 cm³/mol. The Morgan fingerprint density at radius 1 is 1.22 bits per heavy atom. The zero-order valence-corrected chi connectivity index (χ0v) is 11.1. The van der Waals surface area contributed by atoms with Gasteiger partial charge in [-0.3, -0.25) is 4.90 Å². The number of piperidine rings is 1. The second kappa shape index (κ2) is 5.41. The molecular weight excluding hydrogens is 224 g/mol. The molecule has 18 heavy (non-hydrogen) atoms. The first kappa shape index (κ1) is 12.9. The minimum Gasteiger partial charge on any atom is -0.496 e. The maximum atomic E-state index is 9.66. The van der Waals surface area contributed by atoms with Gasteiger partial charge in [0, 0.05) is 5.56 Å². The molecule has 1 aliphatic heterocycles. The molecule has 0 aliphatic carbocycles. The number of nitrogens with zero attached hydrogens (tertiary/aromatic N) is 2. The number of rotatable bonds is 3.